The van der Waals surface area contributed by atoms with Crippen LogP contribution < -0.4 is 5.46 Å². The van der Waals surface area contributed by atoms with Crippen LogP contribution in [0.2, 0.25) is 0 Å². The van der Waals surface area contributed by atoms with Gasteiger partial charge in [-0.15, -0.1) is 0 Å². The maximum Gasteiger partial charge on any atom is 0.488 e. The molecule has 1 aromatic rings. The average Bonchev–Trinajstić information content (AvgIpc) is 2.03. The van der Waals surface area contributed by atoms with E-state index < -0.39 is 18.8 Å². The monoisotopic (exact) mass is 182 g/mol. The highest BCUT2D eigenvalue weighted by Gasteiger charge is 2.15. The Kier molecular flexibility index (Phi) is 2.55. The van der Waals surface area contributed by atoms with Gasteiger partial charge in [0.15, 0.2) is 0 Å². The zero-order valence-corrected chi connectivity index (χ0v) is 6.51. The molecule has 13 heavy (non-hydrogen) atoms. The highest BCUT2D eigenvalue weighted by Crippen LogP contribution is 2.13. The Labute approximate surface area is 74.0 Å². The third-order valence-electron chi connectivity index (χ3n) is 1.55. The second kappa shape index (κ2) is 3.46. The van der Waals surface area contributed by atoms with E-state index in [1.165, 1.54) is 6.07 Å². The van der Waals surface area contributed by atoms with Crippen LogP contribution in [0.5, 0.6) is 5.75 Å². The third-order valence-corrected chi connectivity index (χ3v) is 1.55. The van der Waals surface area contributed by atoms with E-state index in [9.17, 15) is 4.79 Å². The van der Waals surface area contributed by atoms with E-state index in [-0.39, 0.29) is 11.0 Å². The molecule has 0 saturated heterocycles. The lowest BCUT2D eigenvalue weighted by Crippen LogP contribution is -2.29. The van der Waals surface area contributed by atoms with Crippen molar-refractivity contribution in [2.45, 2.75) is 0 Å². The molecule has 0 aliphatic carbocycles. The van der Waals surface area contributed by atoms with Crippen LogP contribution in [0.3, 0.4) is 0 Å². The van der Waals surface area contributed by atoms with Crippen molar-refractivity contribution in [1.82, 2.24) is 0 Å². The number of hydrogen-bond acceptors (Lipinski definition) is 4. The summed E-state index contributed by atoms with van der Waals surface area (Å²) in [6, 6.07) is 3.31. The van der Waals surface area contributed by atoms with Crippen LogP contribution >= 0.6 is 0 Å². The van der Waals surface area contributed by atoms with Crippen molar-refractivity contribution in [2.75, 3.05) is 0 Å². The van der Waals surface area contributed by atoms with E-state index in [2.05, 4.69) is 0 Å². The molecule has 0 atom stereocenters. The fourth-order valence-electron chi connectivity index (χ4n) is 0.890. The van der Waals surface area contributed by atoms with Crippen molar-refractivity contribution >= 4 is 18.6 Å². The molecule has 0 spiro atoms. The summed E-state index contributed by atoms with van der Waals surface area (Å²) in [5.74, 6) is -1.76. The van der Waals surface area contributed by atoms with E-state index in [1.54, 1.807) is 0 Å². The molecule has 0 fully saturated rings. The van der Waals surface area contributed by atoms with Crippen molar-refractivity contribution in [2.24, 2.45) is 0 Å². The van der Waals surface area contributed by atoms with E-state index in [1.807, 2.05) is 0 Å². The molecule has 6 heteroatoms. The van der Waals surface area contributed by atoms with Gasteiger partial charge in [-0.1, -0.05) is 6.07 Å². The standard InChI is InChI=1S/C7H7BO5/c9-6-3-4(8(12)13)1-2-5(6)7(10)11/h1-3,9,12-13H,(H,10,11). The van der Waals surface area contributed by atoms with Crippen molar-refractivity contribution in [3.8, 4) is 5.75 Å². The number of aromatic carboxylic acids is 1. The minimum absolute atomic E-state index is 0.0440. The predicted molar refractivity (Wildman–Crippen MR) is 44.9 cm³/mol. The first-order valence-corrected chi connectivity index (χ1v) is 3.44. The van der Waals surface area contributed by atoms with E-state index >= 15 is 0 Å². The van der Waals surface area contributed by atoms with Gasteiger partial charge in [0.1, 0.15) is 11.3 Å². The highest BCUT2D eigenvalue weighted by molar-refractivity contribution is 6.58. The van der Waals surface area contributed by atoms with Crippen LogP contribution in [-0.2, 0) is 0 Å². The first kappa shape index (κ1) is 9.56. The Morgan fingerprint density at radius 2 is 1.92 bits per heavy atom. The molecule has 0 aromatic heterocycles. The second-order valence-electron chi connectivity index (χ2n) is 2.46. The number of carboxylic acids is 1. The Hall–Kier alpha value is -1.53. The summed E-state index contributed by atoms with van der Waals surface area (Å²) in [5, 5.41) is 35.0. The first-order valence-electron chi connectivity index (χ1n) is 3.44. The van der Waals surface area contributed by atoms with Gasteiger partial charge in [0, 0.05) is 0 Å². The number of rotatable bonds is 2. The summed E-state index contributed by atoms with van der Waals surface area (Å²) in [6.07, 6.45) is 0. The molecule has 0 unspecified atom stereocenters. The molecular formula is C7H7BO5. The van der Waals surface area contributed by atoms with Gasteiger partial charge in [0.05, 0.1) is 0 Å². The minimum Gasteiger partial charge on any atom is -0.507 e. The zero-order valence-electron chi connectivity index (χ0n) is 6.51. The number of carboxylic acid groups (broad SMARTS) is 1. The Morgan fingerprint density at radius 1 is 1.31 bits per heavy atom. The maximum absolute atomic E-state index is 10.4. The van der Waals surface area contributed by atoms with Gasteiger partial charge in [-0.2, -0.15) is 0 Å². The lowest BCUT2D eigenvalue weighted by molar-refractivity contribution is 0.0693. The quantitative estimate of drug-likeness (QED) is 0.429. The Balaban J connectivity index is 3.13. The number of benzene rings is 1. The molecule has 0 heterocycles. The highest BCUT2D eigenvalue weighted by atomic mass is 16.4. The van der Waals surface area contributed by atoms with Gasteiger partial charge in [0.25, 0.3) is 0 Å². The van der Waals surface area contributed by atoms with Gasteiger partial charge < -0.3 is 20.3 Å². The summed E-state index contributed by atoms with van der Waals surface area (Å²) in [5.41, 5.74) is -0.230. The molecule has 0 saturated carbocycles. The second-order valence-corrected chi connectivity index (χ2v) is 2.46. The molecule has 68 valence electrons. The number of phenols is 1. The maximum atomic E-state index is 10.4. The molecule has 0 radical (unpaired) electrons. The van der Waals surface area contributed by atoms with Crippen LogP contribution in [-0.4, -0.2) is 33.3 Å². The number of carbonyl (C=O) groups is 1. The van der Waals surface area contributed by atoms with Crippen LogP contribution in [0.4, 0.5) is 0 Å². The van der Waals surface area contributed by atoms with Crippen LogP contribution in [0.15, 0.2) is 18.2 Å². The van der Waals surface area contributed by atoms with Gasteiger partial charge in [-0.05, 0) is 17.6 Å². The number of hydrogen-bond donors (Lipinski definition) is 4. The molecule has 0 amide bonds. The molecule has 1 aromatic carbocycles. The van der Waals surface area contributed by atoms with Crippen LogP contribution in [0.25, 0.3) is 0 Å². The van der Waals surface area contributed by atoms with E-state index in [0.717, 1.165) is 12.1 Å². The van der Waals surface area contributed by atoms with E-state index in [0.29, 0.717) is 0 Å². The summed E-state index contributed by atoms with van der Waals surface area (Å²) in [6.45, 7) is 0. The van der Waals surface area contributed by atoms with Gasteiger partial charge in [0.2, 0.25) is 0 Å². The van der Waals surface area contributed by atoms with Crippen LogP contribution in [0.1, 0.15) is 10.4 Å². The zero-order chi connectivity index (χ0) is 10.0. The van der Waals surface area contributed by atoms with Crippen molar-refractivity contribution in [1.29, 1.82) is 0 Å². The lowest BCUT2D eigenvalue weighted by atomic mass is 9.80. The van der Waals surface area contributed by atoms with Crippen molar-refractivity contribution in [3.63, 3.8) is 0 Å². The first-order chi connectivity index (χ1) is 6.02. The number of aromatic hydroxyl groups is 1. The predicted octanol–water partition coefficient (Wildman–Crippen LogP) is -1.23. The van der Waals surface area contributed by atoms with Crippen LogP contribution in [0, 0.1) is 0 Å². The molecule has 5 nitrogen and oxygen atoms in total. The Bertz CT molecular complexity index is 336. The molecular weight excluding hydrogens is 175 g/mol. The van der Waals surface area contributed by atoms with Gasteiger partial charge >= 0.3 is 13.1 Å². The van der Waals surface area contributed by atoms with Crippen molar-refractivity contribution in [3.05, 3.63) is 23.8 Å². The van der Waals surface area contributed by atoms with Crippen molar-refractivity contribution < 1.29 is 25.1 Å². The smallest absolute Gasteiger partial charge is 0.488 e. The minimum atomic E-state index is -1.71. The fraction of sp³-hybridized carbons (Fsp3) is 0. The molecule has 1 rings (SSSR count). The fourth-order valence-corrected chi connectivity index (χ4v) is 0.890. The largest absolute Gasteiger partial charge is 0.507 e. The lowest BCUT2D eigenvalue weighted by Gasteiger charge is -2.02. The van der Waals surface area contributed by atoms with E-state index in [4.69, 9.17) is 20.3 Å². The Morgan fingerprint density at radius 3 is 2.31 bits per heavy atom. The summed E-state index contributed by atoms with van der Waals surface area (Å²) in [7, 11) is -1.71. The SMILES string of the molecule is O=C(O)c1ccc(B(O)O)cc1O. The third kappa shape index (κ3) is 1.98. The normalized spacial score (nSPS) is 9.69. The summed E-state index contributed by atoms with van der Waals surface area (Å²) < 4.78 is 0. The molecule has 4 N–H and O–H groups in total. The summed E-state index contributed by atoms with van der Waals surface area (Å²) >= 11 is 0. The van der Waals surface area contributed by atoms with Gasteiger partial charge in [-0.3, -0.25) is 0 Å². The average molecular weight is 182 g/mol. The summed E-state index contributed by atoms with van der Waals surface area (Å²) in [4.78, 5) is 10.4. The molecule has 0 aliphatic heterocycles. The van der Waals surface area contributed by atoms with Gasteiger partial charge in [-0.25, -0.2) is 4.79 Å². The molecule has 0 bridgehead atoms. The molecule has 0 aliphatic rings. The topological polar surface area (TPSA) is 98.0 Å².